The molecule has 1 heterocycles. The maximum atomic E-state index is 13.9. The summed E-state index contributed by atoms with van der Waals surface area (Å²) in [6.07, 6.45) is 2.49. The highest BCUT2D eigenvalue weighted by Gasteiger charge is 2.52. The highest BCUT2D eigenvalue weighted by molar-refractivity contribution is 7.91. The van der Waals surface area contributed by atoms with Crippen molar-refractivity contribution in [3.8, 4) is 5.75 Å². The summed E-state index contributed by atoms with van der Waals surface area (Å²) in [5.74, 6) is 0.305. The molecule has 0 aromatic heterocycles. The number of sulfone groups is 1. The van der Waals surface area contributed by atoms with Crippen molar-refractivity contribution in [1.29, 1.82) is 0 Å². The molecule has 1 aliphatic rings. The Labute approximate surface area is 199 Å². The van der Waals surface area contributed by atoms with E-state index in [1.165, 1.54) is 0 Å². The molecule has 0 saturated heterocycles. The van der Waals surface area contributed by atoms with Gasteiger partial charge in [-0.1, -0.05) is 52.2 Å². The van der Waals surface area contributed by atoms with E-state index in [0.29, 0.717) is 16.9 Å². The van der Waals surface area contributed by atoms with Crippen LogP contribution in [0.1, 0.15) is 63.5 Å². The van der Waals surface area contributed by atoms with Crippen molar-refractivity contribution in [2.75, 3.05) is 31.9 Å². The summed E-state index contributed by atoms with van der Waals surface area (Å²) in [6.45, 7) is 6.30. The summed E-state index contributed by atoms with van der Waals surface area (Å²) in [7, 11) is 1.90. The van der Waals surface area contributed by atoms with Gasteiger partial charge in [-0.3, -0.25) is 0 Å². The molecule has 3 rings (SSSR count). The molecule has 6 heteroatoms. The van der Waals surface area contributed by atoms with E-state index in [9.17, 15) is 13.5 Å². The Bertz CT molecular complexity index is 1050. The number of methoxy groups -OCH3 is 1. The first-order chi connectivity index (χ1) is 15.6. The van der Waals surface area contributed by atoms with Crippen molar-refractivity contribution in [2.24, 2.45) is 11.3 Å². The fourth-order valence-electron chi connectivity index (χ4n) is 5.34. The van der Waals surface area contributed by atoms with Crippen LogP contribution in [0.15, 0.2) is 47.4 Å². The Balaban J connectivity index is 2.34. The third kappa shape index (κ3) is 4.78. The second kappa shape index (κ2) is 10.1. The second-order valence-corrected chi connectivity index (χ2v) is 11.7. The zero-order valence-corrected chi connectivity index (χ0v) is 21.7. The molecule has 0 bridgehead atoms. The van der Waals surface area contributed by atoms with E-state index < -0.39 is 27.3 Å². The van der Waals surface area contributed by atoms with Gasteiger partial charge in [-0.05, 0) is 53.8 Å². The van der Waals surface area contributed by atoms with E-state index in [2.05, 4.69) is 20.8 Å². The van der Waals surface area contributed by atoms with Crippen LogP contribution in [-0.4, -0.2) is 46.6 Å². The van der Waals surface area contributed by atoms with Crippen molar-refractivity contribution in [1.82, 2.24) is 0 Å². The van der Waals surface area contributed by atoms with Gasteiger partial charge >= 0.3 is 0 Å². The first-order valence-corrected chi connectivity index (χ1v) is 13.6. The molecule has 0 aliphatic carbocycles. The van der Waals surface area contributed by atoms with Crippen molar-refractivity contribution >= 4 is 15.5 Å². The van der Waals surface area contributed by atoms with Gasteiger partial charge < -0.3 is 14.7 Å². The molecule has 4 atom stereocenters. The Morgan fingerprint density at radius 1 is 1.15 bits per heavy atom. The topological polar surface area (TPSA) is 66.8 Å². The maximum absolute atomic E-state index is 13.9. The molecule has 182 valence electrons. The van der Waals surface area contributed by atoms with Crippen molar-refractivity contribution in [3.63, 3.8) is 0 Å². The van der Waals surface area contributed by atoms with Gasteiger partial charge in [-0.2, -0.15) is 0 Å². The standard InChI is InChI=1S/C27H39NO4S/c1-7-9-16-27(19(3)8-2)18-33(30,31)24-15-12-21(28(4)5)17-23(24)25(26(27)29)20-10-13-22(32-6)14-11-20/h10-15,17,19,25-26,29H,7-9,16,18H2,1-6H3/t19?,25-,26-,27?/m1/s1. The zero-order valence-electron chi connectivity index (χ0n) is 20.8. The average Bonchev–Trinajstić information content (AvgIpc) is 2.88. The SMILES string of the molecule is CCCCC1(C(C)CC)CS(=O)(=O)c2ccc(N(C)C)cc2[C@@H](c2ccc(OC)cc2)[C@H]1O. The van der Waals surface area contributed by atoms with Crippen molar-refractivity contribution in [3.05, 3.63) is 53.6 Å². The molecule has 0 spiro atoms. The predicted octanol–water partition coefficient (Wildman–Crippen LogP) is 5.26. The fourth-order valence-corrected chi connectivity index (χ4v) is 7.63. The molecule has 0 saturated carbocycles. The van der Waals surface area contributed by atoms with Crippen molar-refractivity contribution in [2.45, 2.75) is 63.4 Å². The molecular weight excluding hydrogens is 434 g/mol. The third-order valence-electron chi connectivity index (χ3n) is 7.61. The van der Waals surface area contributed by atoms with Crippen LogP contribution in [-0.2, 0) is 9.84 Å². The maximum Gasteiger partial charge on any atom is 0.179 e. The van der Waals surface area contributed by atoms with Crippen LogP contribution < -0.4 is 9.64 Å². The van der Waals surface area contributed by atoms with Crippen LogP contribution in [0.4, 0.5) is 5.69 Å². The summed E-state index contributed by atoms with van der Waals surface area (Å²) in [4.78, 5) is 2.31. The molecule has 1 aliphatic heterocycles. The Morgan fingerprint density at radius 3 is 2.36 bits per heavy atom. The molecule has 2 unspecified atom stereocenters. The lowest BCUT2D eigenvalue weighted by Gasteiger charge is -2.44. The van der Waals surface area contributed by atoms with Gasteiger partial charge in [-0.15, -0.1) is 0 Å². The van der Waals surface area contributed by atoms with Crippen LogP contribution >= 0.6 is 0 Å². The van der Waals surface area contributed by atoms with Gasteiger partial charge in [0, 0.05) is 31.1 Å². The molecular formula is C27H39NO4S. The van der Waals surface area contributed by atoms with Crippen molar-refractivity contribution < 1.29 is 18.3 Å². The minimum Gasteiger partial charge on any atom is -0.497 e. The molecule has 5 nitrogen and oxygen atoms in total. The Hall–Kier alpha value is -2.05. The normalized spacial score (nSPS) is 25.1. The third-order valence-corrected chi connectivity index (χ3v) is 9.57. The summed E-state index contributed by atoms with van der Waals surface area (Å²) < 4.78 is 33.0. The predicted molar refractivity (Wildman–Crippen MR) is 135 cm³/mol. The first kappa shape index (κ1) is 25.6. The van der Waals surface area contributed by atoms with Gasteiger partial charge in [0.2, 0.25) is 0 Å². The largest absolute Gasteiger partial charge is 0.497 e. The van der Waals surface area contributed by atoms with E-state index in [4.69, 9.17) is 4.74 Å². The Morgan fingerprint density at radius 2 is 1.82 bits per heavy atom. The summed E-state index contributed by atoms with van der Waals surface area (Å²) in [5.41, 5.74) is 1.77. The number of anilines is 1. The zero-order chi connectivity index (χ0) is 24.4. The van der Waals surface area contributed by atoms with E-state index in [1.54, 1.807) is 13.2 Å². The Kier molecular flexibility index (Phi) is 7.80. The van der Waals surface area contributed by atoms with Crippen LogP contribution in [0.25, 0.3) is 0 Å². The molecule has 0 fully saturated rings. The monoisotopic (exact) mass is 473 g/mol. The number of ether oxygens (including phenoxy) is 1. The van der Waals surface area contributed by atoms with E-state index in [1.807, 2.05) is 55.4 Å². The minimum absolute atomic E-state index is 0.0306. The number of aliphatic hydroxyl groups is 1. The number of fused-ring (bicyclic) bond motifs is 1. The minimum atomic E-state index is -3.60. The average molecular weight is 474 g/mol. The van der Waals surface area contributed by atoms with Gasteiger partial charge in [0.15, 0.2) is 9.84 Å². The summed E-state index contributed by atoms with van der Waals surface area (Å²) >= 11 is 0. The number of unbranched alkanes of at least 4 members (excludes halogenated alkanes) is 1. The second-order valence-electron chi connectivity index (χ2n) is 9.72. The van der Waals surface area contributed by atoms with Crippen LogP contribution in [0.5, 0.6) is 5.75 Å². The quantitative estimate of drug-likeness (QED) is 0.566. The summed E-state index contributed by atoms with van der Waals surface area (Å²) in [5, 5.41) is 12.2. The van der Waals surface area contributed by atoms with Gasteiger partial charge in [0.25, 0.3) is 0 Å². The number of hydrogen-bond donors (Lipinski definition) is 1. The molecule has 1 N–H and O–H groups in total. The van der Waals surface area contributed by atoms with Crippen LogP contribution in [0.2, 0.25) is 0 Å². The smallest absolute Gasteiger partial charge is 0.179 e. The fraction of sp³-hybridized carbons (Fsp3) is 0.556. The van der Waals surface area contributed by atoms with E-state index in [0.717, 1.165) is 36.3 Å². The number of benzene rings is 2. The molecule has 2 aromatic carbocycles. The highest BCUT2D eigenvalue weighted by atomic mass is 32.2. The number of hydrogen-bond acceptors (Lipinski definition) is 5. The summed E-state index contributed by atoms with van der Waals surface area (Å²) in [6, 6.07) is 13.2. The highest BCUT2D eigenvalue weighted by Crippen LogP contribution is 2.52. The number of aliphatic hydroxyl groups excluding tert-OH is 1. The first-order valence-electron chi connectivity index (χ1n) is 12.0. The van der Waals surface area contributed by atoms with Crippen LogP contribution in [0, 0.1) is 11.3 Å². The van der Waals surface area contributed by atoms with Gasteiger partial charge in [0.05, 0.1) is 23.9 Å². The lowest BCUT2D eigenvalue weighted by atomic mass is 9.63. The van der Waals surface area contributed by atoms with E-state index in [-0.39, 0.29) is 11.7 Å². The van der Waals surface area contributed by atoms with Gasteiger partial charge in [0.1, 0.15) is 5.75 Å². The van der Waals surface area contributed by atoms with Crippen LogP contribution in [0.3, 0.4) is 0 Å². The number of rotatable bonds is 8. The van der Waals surface area contributed by atoms with E-state index >= 15 is 0 Å². The lowest BCUT2D eigenvalue weighted by molar-refractivity contribution is -0.0180. The molecule has 2 aromatic rings. The lowest BCUT2D eigenvalue weighted by Crippen LogP contribution is -2.47. The number of nitrogens with zero attached hydrogens (tertiary/aromatic N) is 1. The van der Waals surface area contributed by atoms with Gasteiger partial charge in [-0.25, -0.2) is 8.42 Å². The molecule has 33 heavy (non-hydrogen) atoms. The molecule has 0 radical (unpaired) electrons. The molecule has 0 amide bonds.